The lowest BCUT2D eigenvalue weighted by Gasteiger charge is -2.31. The quantitative estimate of drug-likeness (QED) is 0.270. The smallest absolute Gasteiger partial charge is 0.403 e. The van der Waals surface area contributed by atoms with Crippen molar-refractivity contribution < 1.29 is 29.8 Å². The van der Waals surface area contributed by atoms with Crippen LogP contribution in [0.25, 0.3) is 0 Å². The first-order valence-electron chi connectivity index (χ1n) is 9.13. The molecule has 1 aromatic carbocycles. The van der Waals surface area contributed by atoms with Gasteiger partial charge in [0.1, 0.15) is 0 Å². The number of rotatable bonds is 4. The molecule has 0 radical (unpaired) electrons. The summed E-state index contributed by atoms with van der Waals surface area (Å²) in [6.07, 6.45) is 5.39. The highest BCUT2D eigenvalue weighted by atomic mass is 79.9. The minimum Gasteiger partial charge on any atom is -0.403 e. The Balaban J connectivity index is 1.89. The third kappa shape index (κ3) is 5.26. The Labute approximate surface area is 186 Å². The predicted octanol–water partition coefficient (Wildman–Crippen LogP) is 2.67. The molecule has 10 heteroatoms. The Morgan fingerprint density at radius 3 is 2.59 bits per heavy atom. The summed E-state index contributed by atoms with van der Waals surface area (Å²) in [5.41, 5.74) is 3.16. The number of hydrogen-bond acceptors (Lipinski definition) is 5. The number of allylic oxidation sites excluding steroid dienone is 4. The van der Waals surface area contributed by atoms with Crippen molar-refractivity contribution in [2.45, 2.75) is 6.42 Å². The van der Waals surface area contributed by atoms with Crippen LogP contribution in [-0.4, -0.2) is 71.9 Å². The lowest BCUT2D eigenvalue weighted by Crippen LogP contribution is -2.76. The van der Waals surface area contributed by atoms with Gasteiger partial charge in [0.2, 0.25) is 11.4 Å². The van der Waals surface area contributed by atoms with Gasteiger partial charge in [-0.05, 0) is 45.0 Å². The van der Waals surface area contributed by atoms with Gasteiger partial charge in [-0.1, -0.05) is 12.2 Å². The second-order valence-electron chi connectivity index (χ2n) is 6.76. The number of nitrogens with zero attached hydrogens (tertiary/aromatic N) is 3. The van der Waals surface area contributed by atoms with Gasteiger partial charge in [-0.25, -0.2) is 9.63 Å². The van der Waals surface area contributed by atoms with Gasteiger partial charge < -0.3 is 14.5 Å². The van der Waals surface area contributed by atoms with Crippen LogP contribution in [0.2, 0.25) is 0 Å². The fourth-order valence-electron chi connectivity index (χ4n) is 3.07. The molecule has 0 spiro atoms. The Morgan fingerprint density at radius 1 is 1.21 bits per heavy atom. The minimum atomic E-state index is -0.411. The Morgan fingerprint density at radius 2 is 1.90 bits per heavy atom. The molecule has 3 N–H and O–H groups in total. The van der Waals surface area contributed by atoms with Crippen LogP contribution < -0.4 is 5.48 Å². The molecule has 0 atom stereocenters. The van der Waals surface area contributed by atoms with Crippen LogP contribution in [-0.2, 0) is 9.57 Å². The number of amides is 1. The van der Waals surface area contributed by atoms with Crippen molar-refractivity contribution in [2.75, 3.05) is 40.3 Å². The Kier molecular flexibility index (Phi) is 7.47. The van der Waals surface area contributed by atoms with E-state index in [0.717, 1.165) is 26.8 Å². The standard InChI is InChI=1S/C19H23Br2N4O4/c1-23-7-9-24(10-8-23)19(26)29-18-6-4-3-5-16(18)25(27)17-12-14(21)13(20)11-15(17)22-28-2/h3-4,6,11-12,22,27H,5,7-10H2,1-2H3/q+1/p+1/b25-16-. The highest BCUT2D eigenvalue weighted by Crippen LogP contribution is 2.33. The molecule has 1 heterocycles. The van der Waals surface area contributed by atoms with Crippen molar-refractivity contribution in [3.63, 3.8) is 0 Å². The van der Waals surface area contributed by atoms with Crippen molar-refractivity contribution in [3.8, 4) is 0 Å². The lowest BCUT2D eigenvalue weighted by atomic mass is 10.1. The summed E-state index contributed by atoms with van der Waals surface area (Å²) in [6, 6.07) is 3.59. The number of benzene rings is 1. The van der Waals surface area contributed by atoms with E-state index in [1.165, 1.54) is 5.48 Å². The fourth-order valence-corrected chi connectivity index (χ4v) is 3.76. The molecule has 1 aliphatic carbocycles. The van der Waals surface area contributed by atoms with Crippen molar-refractivity contribution in [3.05, 3.63) is 45.1 Å². The first-order valence-corrected chi connectivity index (χ1v) is 10.7. The highest BCUT2D eigenvalue weighted by Gasteiger charge is 2.32. The van der Waals surface area contributed by atoms with Crippen LogP contribution in [0.1, 0.15) is 6.42 Å². The summed E-state index contributed by atoms with van der Waals surface area (Å²) in [6.45, 7) is 2.84. The number of ether oxygens (including phenoxy) is 1. The van der Waals surface area contributed by atoms with Gasteiger partial charge in [0.05, 0.1) is 13.5 Å². The molecule has 1 aromatic rings. The third-order valence-electron chi connectivity index (χ3n) is 4.74. The molecule has 3 rings (SSSR count). The first-order chi connectivity index (χ1) is 13.9. The maximum absolute atomic E-state index is 12.6. The van der Waals surface area contributed by atoms with E-state index in [0.29, 0.717) is 42.4 Å². The van der Waals surface area contributed by atoms with E-state index in [2.05, 4.69) is 36.8 Å². The molecule has 1 saturated heterocycles. The molecule has 0 saturated carbocycles. The molecule has 0 aromatic heterocycles. The maximum atomic E-state index is 12.6. The second-order valence-corrected chi connectivity index (χ2v) is 8.47. The maximum Gasteiger partial charge on any atom is 0.415 e. The van der Waals surface area contributed by atoms with E-state index in [1.54, 1.807) is 24.2 Å². The molecule has 1 fully saturated rings. The number of quaternary nitrogens is 1. The summed E-state index contributed by atoms with van der Waals surface area (Å²) < 4.78 is 8.28. The van der Waals surface area contributed by atoms with E-state index in [-0.39, 0.29) is 0 Å². The number of halogens is 2. The first kappa shape index (κ1) is 22.0. The van der Waals surface area contributed by atoms with Crippen LogP contribution in [0.15, 0.2) is 45.1 Å². The van der Waals surface area contributed by atoms with Crippen molar-refractivity contribution in [2.24, 2.45) is 0 Å². The van der Waals surface area contributed by atoms with Crippen LogP contribution in [0, 0.1) is 0 Å². The van der Waals surface area contributed by atoms with E-state index in [9.17, 15) is 10.0 Å². The lowest BCUT2D eigenvalue weighted by molar-refractivity contribution is -0.834. The zero-order chi connectivity index (χ0) is 21.0. The zero-order valence-corrected chi connectivity index (χ0v) is 19.4. The van der Waals surface area contributed by atoms with Gasteiger partial charge in [0.25, 0.3) is 5.71 Å². The average molecular weight is 532 g/mol. The van der Waals surface area contributed by atoms with Crippen molar-refractivity contribution in [1.29, 1.82) is 0 Å². The average Bonchev–Trinajstić information content (AvgIpc) is 2.71. The molecule has 0 unspecified atom stereocenters. The number of carbonyl (C=O) groups is 1. The van der Waals surface area contributed by atoms with E-state index < -0.39 is 6.09 Å². The van der Waals surface area contributed by atoms with Gasteiger partial charge in [-0.3, -0.25) is 5.21 Å². The van der Waals surface area contributed by atoms with E-state index in [1.807, 2.05) is 25.3 Å². The van der Waals surface area contributed by atoms with E-state index >= 15 is 0 Å². The molecule has 8 nitrogen and oxygen atoms in total. The molecule has 2 aliphatic rings. The van der Waals surface area contributed by atoms with E-state index in [4.69, 9.17) is 9.57 Å². The largest absolute Gasteiger partial charge is 0.415 e. The molecule has 1 aliphatic heterocycles. The topological polar surface area (TPSA) is 81.9 Å². The fraction of sp³-hybridized carbons (Fsp3) is 0.368. The summed E-state index contributed by atoms with van der Waals surface area (Å²) in [5.74, 6) is 0.321. The Bertz CT molecular complexity index is 877. The van der Waals surface area contributed by atoms with Gasteiger partial charge in [-0.2, -0.15) is 5.48 Å². The molecule has 156 valence electrons. The van der Waals surface area contributed by atoms with Crippen molar-refractivity contribution >= 4 is 55.0 Å². The van der Waals surface area contributed by atoms with Crippen LogP contribution >= 0.6 is 31.9 Å². The monoisotopic (exact) mass is 530 g/mol. The molecular weight excluding hydrogens is 508 g/mol. The van der Waals surface area contributed by atoms with Crippen LogP contribution in [0.5, 0.6) is 0 Å². The number of likely N-dealkylation sites (N-methyl/N-ethyl adjacent to an activating group) is 1. The Hall–Kier alpha value is -1.72. The number of hydrogen-bond donors (Lipinski definition) is 2. The number of carbonyl (C=O) groups excluding carboxylic acids is 1. The van der Waals surface area contributed by atoms with Crippen molar-refractivity contribution in [1.82, 2.24) is 9.80 Å². The normalized spacial score (nSPS) is 19.2. The minimum absolute atomic E-state index is 0.321. The summed E-state index contributed by atoms with van der Waals surface area (Å²) in [5, 5.41) is 11.0. The van der Waals surface area contributed by atoms with Gasteiger partial charge in [-0.15, -0.1) is 0 Å². The molecule has 1 amide bonds. The third-order valence-corrected chi connectivity index (χ3v) is 6.58. The number of nitrogens with two attached hydrogens (primary N) is 1. The SMILES string of the molecule is CO[NH2+]c1cc(Br)c(Br)cc1/[N+](O)=C1\CC=CC=C1OC(=O)N1CCN(C)CC1. The van der Waals surface area contributed by atoms with Crippen LogP contribution in [0.3, 0.4) is 0 Å². The predicted molar refractivity (Wildman–Crippen MR) is 115 cm³/mol. The molecule has 29 heavy (non-hydrogen) atoms. The zero-order valence-electron chi connectivity index (χ0n) is 16.3. The van der Waals surface area contributed by atoms with Gasteiger partial charge in [0.15, 0.2) is 0 Å². The van der Waals surface area contributed by atoms with Crippen LogP contribution in [0.4, 0.5) is 16.2 Å². The summed E-state index contributed by atoms with van der Waals surface area (Å²) >= 11 is 6.92. The van der Waals surface area contributed by atoms with Gasteiger partial charge >= 0.3 is 11.8 Å². The summed E-state index contributed by atoms with van der Waals surface area (Å²) in [4.78, 5) is 21.6. The highest BCUT2D eigenvalue weighted by molar-refractivity contribution is 9.13. The van der Waals surface area contributed by atoms with Gasteiger partial charge in [0, 0.05) is 52.0 Å². The second kappa shape index (κ2) is 9.86. The summed E-state index contributed by atoms with van der Waals surface area (Å²) in [7, 11) is 3.57. The molecular formula is C19H24Br2N4O4+2. The number of piperazine rings is 1. The molecule has 0 bridgehead atoms.